The molecule has 3 aromatic carbocycles. The molecular weight excluding hydrogens is 493 g/mol. The molecule has 202 valence electrons. The first-order valence-corrected chi connectivity index (χ1v) is 12.7. The zero-order valence-corrected chi connectivity index (χ0v) is 21.4. The van der Waals surface area contributed by atoms with E-state index in [2.05, 4.69) is 10.6 Å². The molecule has 1 aliphatic rings. The van der Waals surface area contributed by atoms with Crippen LogP contribution in [0, 0.1) is 0 Å². The molecule has 1 fully saturated rings. The van der Waals surface area contributed by atoms with Crippen molar-refractivity contribution in [3.05, 3.63) is 108 Å². The number of amides is 1. The predicted octanol–water partition coefficient (Wildman–Crippen LogP) is 5.20. The number of carbonyl (C=O) groups is 1. The standard InChI is InChI=1S/C30H33F3N2O3/c1-29(2)37-26(24(18-21-12-6-3-7-13-21)34-20-23-16-10-5-11-17-23)27(38-29)25(35-28(36)30(31,32)33)19-22-14-8-4-9-15-22/h3-17,24-27,34H,18-20H2,1-2H3,(H,35,36)/t24-,25?,26+,27+/m1/s1. The molecule has 8 heteroatoms. The number of hydrogen-bond donors (Lipinski definition) is 2. The van der Waals surface area contributed by atoms with E-state index in [1.165, 1.54) is 0 Å². The molecule has 1 aliphatic heterocycles. The van der Waals surface area contributed by atoms with Gasteiger partial charge in [-0.15, -0.1) is 0 Å². The number of rotatable bonds is 10. The van der Waals surface area contributed by atoms with Crippen molar-refractivity contribution in [2.75, 3.05) is 0 Å². The van der Waals surface area contributed by atoms with Crippen LogP contribution in [0.3, 0.4) is 0 Å². The van der Waals surface area contributed by atoms with E-state index in [9.17, 15) is 18.0 Å². The fourth-order valence-corrected chi connectivity index (χ4v) is 4.82. The van der Waals surface area contributed by atoms with E-state index in [-0.39, 0.29) is 12.5 Å². The van der Waals surface area contributed by atoms with Crippen LogP contribution in [-0.4, -0.2) is 42.2 Å². The number of halogens is 3. The Bertz CT molecular complexity index is 1160. The average molecular weight is 527 g/mol. The minimum atomic E-state index is -5.02. The quantitative estimate of drug-likeness (QED) is 0.382. The van der Waals surface area contributed by atoms with Crippen molar-refractivity contribution in [3.8, 4) is 0 Å². The molecule has 0 radical (unpaired) electrons. The van der Waals surface area contributed by atoms with Crippen molar-refractivity contribution in [1.82, 2.24) is 10.6 Å². The van der Waals surface area contributed by atoms with Gasteiger partial charge in [-0.2, -0.15) is 13.2 Å². The maximum atomic E-state index is 13.3. The van der Waals surface area contributed by atoms with Crippen LogP contribution in [-0.2, 0) is 33.7 Å². The highest BCUT2D eigenvalue weighted by Gasteiger charge is 2.50. The Kier molecular flexibility index (Phi) is 8.87. The number of ether oxygens (including phenoxy) is 2. The maximum Gasteiger partial charge on any atom is 0.471 e. The summed E-state index contributed by atoms with van der Waals surface area (Å²) >= 11 is 0. The molecule has 4 rings (SSSR count). The molecule has 0 bridgehead atoms. The molecule has 1 amide bonds. The Balaban J connectivity index is 1.66. The predicted molar refractivity (Wildman–Crippen MR) is 139 cm³/mol. The Morgan fingerprint density at radius 2 is 1.18 bits per heavy atom. The number of alkyl halides is 3. The molecule has 0 aromatic heterocycles. The van der Waals surface area contributed by atoms with Crippen molar-refractivity contribution < 1.29 is 27.4 Å². The number of hydrogen-bond acceptors (Lipinski definition) is 4. The lowest BCUT2D eigenvalue weighted by atomic mass is 9.91. The Labute approximate surface area is 221 Å². The molecule has 38 heavy (non-hydrogen) atoms. The fourth-order valence-electron chi connectivity index (χ4n) is 4.82. The van der Waals surface area contributed by atoms with Crippen LogP contribution < -0.4 is 10.6 Å². The van der Waals surface area contributed by atoms with Gasteiger partial charge in [-0.05, 0) is 43.4 Å². The topological polar surface area (TPSA) is 59.6 Å². The van der Waals surface area contributed by atoms with Gasteiger partial charge in [-0.1, -0.05) is 91.0 Å². The summed E-state index contributed by atoms with van der Waals surface area (Å²) in [4.78, 5) is 12.1. The summed E-state index contributed by atoms with van der Waals surface area (Å²) < 4.78 is 52.6. The van der Waals surface area contributed by atoms with Crippen molar-refractivity contribution in [3.63, 3.8) is 0 Å². The summed E-state index contributed by atoms with van der Waals surface area (Å²) in [5.41, 5.74) is 2.89. The number of nitrogens with one attached hydrogen (secondary N) is 2. The van der Waals surface area contributed by atoms with Gasteiger partial charge in [0.2, 0.25) is 0 Å². The molecule has 1 unspecified atom stereocenters. The zero-order chi connectivity index (χ0) is 27.2. The average Bonchev–Trinajstić information content (AvgIpc) is 3.22. The smallest absolute Gasteiger partial charge is 0.343 e. The summed E-state index contributed by atoms with van der Waals surface area (Å²) in [5.74, 6) is -3.06. The monoisotopic (exact) mass is 526 g/mol. The van der Waals surface area contributed by atoms with Gasteiger partial charge < -0.3 is 20.1 Å². The van der Waals surface area contributed by atoms with Gasteiger partial charge in [0.15, 0.2) is 5.79 Å². The minimum Gasteiger partial charge on any atom is -0.343 e. The molecule has 0 saturated carbocycles. The second kappa shape index (κ2) is 12.1. The van der Waals surface area contributed by atoms with E-state index < -0.39 is 36.1 Å². The third-order valence-corrected chi connectivity index (χ3v) is 6.54. The molecular formula is C30H33F3N2O3. The zero-order valence-electron chi connectivity index (χ0n) is 21.4. The van der Waals surface area contributed by atoms with Crippen LogP contribution in [0.4, 0.5) is 13.2 Å². The van der Waals surface area contributed by atoms with Crippen LogP contribution >= 0.6 is 0 Å². The lowest BCUT2D eigenvalue weighted by Gasteiger charge is -2.33. The first-order valence-electron chi connectivity index (χ1n) is 12.7. The van der Waals surface area contributed by atoms with E-state index in [0.29, 0.717) is 13.0 Å². The van der Waals surface area contributed by atoms with Crippen molar-refractivity contribution >= 4 is 5.91 Å². The Hall–Kier alpha value is -3.20. The van der Waals surface area contributed by atoms with E-state index in [1.54, 1.807) is 13.8 Å². The maximum absolute atomic E-state index is 13.3. The number of carbonyl (C=O) groups excluding carboxylic acids is 1. The molecule has 2 N–H and O–H groups in total. The van der Waals surface area contributed by atoms with Crippen LogP contribution in [0.25, 0.3) is 0 Å². The molecule has 1 heterocycles. The van der Waals surface area contributed by atoms with Crippen LogP contribution in [0.2, 0.25) is 0 Å². The largest absolute Gasteiger partial charge is 0.471 e. The normalized spacial score (nSPS) is 20.6. The van der Waals surface area contributed by atoms with E-state index in [4.69, 9.17) is 9.47 Å². The Morgan fingerprint density at radius 3 is 1.66 bits per heavy atom. The van der Waals surface area contributed by atoms with Gasteiger partial charge in [0.05, 0.1) is 6.04 Å². The highest BCUT2D eigenvalue weighted by Crippen LogP contribution is 2.34. The summed E-state index contributed by atoms with van der Waals surface area (Å²) in [6, 6.07) is 27.5. The summed E-state index contributed by atoms with van der Waals surface area (Å²) in [6.07, 6.45) is -5.79. The molecule has 1 saturated heterocycles. The second-order valence-electron chi connectivity index (χ2n) is 9.99. The van der Waals surface area contributed by atoms with Crippen molar-refractivity contribution in [1.29, 1.82) is 0 Å². The Morgan fingerprint density at radius 1 is 0.763 bits per heavy atom. The third kappa shape index (κ3) is 7.66. The molecule has 4 atom stereocenters. The number of benzene rings is 3. The first kappa shape index (κ1) is 27.8. The first-order chi connectivity index (χ1) is 18.1. The molecule has 0 spiro atoms. The lowest BCUT2D eigenvalue weighted by molar-refractivity contribution is -0.176. The molecule has 5 nitrogen and oxygen atoms in total. The van der Waals surface area contributed by atoms with E-state index in [1.807, 2.05) is 91.0 Å². The molecule has 0 aliphatic carbocycles. The third-order valence-electron chi connectivity index (χ3n) is 6.54. The SMILES string of the molecule is CC1(C)O[C@@H]([C@@H](Cc2ccccc2)NCc2ccccc2)[C@H](C(Cc2ccccc2)NC(=O)C(F)(F)F)O1. The minimum absolute atomic E-state index is 0.153. The summed E-state index contributed by atoms with van der Waals surface area (Å²) in [6.45, 7) is 4.01. The van der Waals surface area contributed by atoms with Crippen LogP contribution in [0.15, 0.2) is 91.0 Å². The fraction of sp³-hybridized carbons (Fsp3) is 0.367. The second-order valence-corrected chi connectivity index (χ2v) is 9.99. The highest BCUT2D eigenvalue weighted by atomic mass is 19.4. The van der Waals surface area contributed by atoms with Crippen LogP contribution in [0.5, 0.6) is 0 Å². The van der Waals surface area contributed by atoms with Gasteiger partial charge in [-0.25, -0.2) is 0 Å². The van der Waals surface area contributed by atoms with Crippen molar-refractivity contribution in [2.24, 2.45) is 0 Å². The van der Waals surface area contributed by atoms with Gasteiger partial charge in [0.25, 0.3) is 0 Å². The molecule has 3 aromatic rings. The lowest BCUT2D eigenvalue weighted by Crippen LogP contribution is -2.56. The summed E-state index contributed by atoms with van der Waals surface area (Å²) in [5, 5.41) is 5.77. The van der Waals surface area contributed by atoms with Gasteiger partial charge in [-0.3, -0.25) is 4.79 Å². The van der Waals surface area contributed by atoms with E-state index >= 15 is 0 Å². The van der Waals surface area contributed by atoms with E-state index in [0.717, 1.165) is 16.7 Å². The van der Waals surface area contributed by atoms with Crippen molar-refractivity contribution in [2.45, 2.75) is 69.5 Å². The van der Waals surface area contributed by atoms with Gasteiger partial charge in [0, 0.05) is 12.6 Å². The summed E-state index contributed by atoms with van der Waals surface area (Å²) in [7, 11) is 0. The highest BCUT2D eigenvalue weighted by molar-refractivity contribution is 5.82. The van der Waals surface area contributed by atoms with Crippen LogP contribution in [0.1, 0.15) is 30.5 Å². The van der Waals surface area contributed by atoms with Gasteiger partial charge >= 0.3 is 12.1 Å². The van der Waals surface area contributed by atoms with Gasteiger partial charge in [0.1, 0.15) is 12.2 Å².